The van der Waals surface area contributed by atoms with Crippen LogP contribution in [0.4, 0.5) is 0 Å². The molecule has 19 heavy (non-hydrogen) atoms. The first-order valence-electron chi connectivity index (χ1n) is 7.65. The second kappa shape index (κ2) is 6.94. The van der Waals surface area contributed by atoms with Gasteiger partial charge in [-0.2, -0.15) is 0 Å². The van der Waals surface area contributed by atoms with Crippen molar-refractivity contribution < 1.29 is 4.79 Å². The van der Waals surface area contributed by atoms with Gasteiger partial charge >= 0.3 is 0 Å². The van der Waals surface area contributed by atoms with Gasteiger partial charge in [-0.1, -0.05) is 26.2 Å². The largest absolute Gasteiger partial charge is 0.351 e. The zero-order chi connectivity index (χ0) is 13.1. The van der Waals surface area contributed by atoms with Crippen LogP contribution in [0.2, 0.25) is 0 Å². The molecular formula is C15H29ClN2O. The molecular weight excluding hydrogens is 260 g/mol. The number of nitrogens with one attached hydrogen (secondary N) is 1. The van der Waals surface area contributed by atoms with Gasteiger partial charge in [-0.3, -0.25) is 4.79 Å². The van der Waals surface area contributed by atoms with E-state index in [9.17, 15) is 4.79 Å². The lowest BCUT2D eigenvalue weighted by atomic mass is 9.70. The van der Waals surface area contributed by atoms with Crippen molar-refractivity contribution in [2.24, 2.45) is 11.1 Å². The van der Waals surface area contributed by atoms with Crippen molar-refractivity contribution in [1.29, 1.82) is 0 Å². The minimum atomic E-state index is 0. The Morgan fingerprint density at radius 1 is 1.11 bits per heavy atom. The third-order valence-electron chi connectivity index (χ3n) is 5.27. The normalized spacial score (nSPS) is 23.9. The van der Waals surface area contributed by atoms with Crippen molar-refractivity contribution in [3.05, 3.63) is 0 Å². The number of hydrogen-bond donors (Lipinski definition) is 2. The Bertz CT molecular complexity index is 291. The molecule has 2 aliphatic carbocycles. The first kappa shape index (κ1) is 16.8. The van der Waals surface area contributed by atoms with Crippen LogP contribution in [0.25, 0.3) is 0 Å². The molecule has 0 aliphatic heterocycles. The zero-order valence-corrected chi connectivity index (χ0v) is 13.0. The van der Waals surface area contributed by atoms with E-state index in [1.54, 1.807) is 0 Å². The van der Waals surface area contributed by atoms with Gasteiger partial charge in [0.15, 0.2) is 0 Å². The van der Waals surface area contributed by atoms with E-state index in [1.165, 1.54) is 25.7 Å². The molecule has 0 atom stereocenters. The summed E-state index contributed by atoms with van der Waals surface area (Å²) in [5.74, 6) is 0.240. The Morgan fingerprint density at radius 3 is 2.16 bits per heavy atom. The predicted octanol–water partition coefficient (Wildman–Crippen LogP) is 3.16. The fraction of sp³-hybridized carbons (Fsp3) is 0.933. The maximum Gasteiger partial charge on any atom is 0.221 e. The molecule has 3 nitrogen and oxygen atoms in total. The van der Waals surface area contributed by atoms with Crippen LogP contribution in [-0.4, -0.2) is 18.0 Å². The summed E-state index contributed by atoms with van der Waals surface area (Å²) >= 11 is 0. The van der Waals surface area contributed by atoms with Crippen LogP contribution in [-0.2, 0) is 4.79 Å². The Balaban J connectivity index is 0.00000180. The Labute approximate surface area is 123 Å². The fourth-order valence-electron chi connectivity index (χ4n) is 3.61. The number of carbonyl (C=O) groups is 1. The number of amides is 1. The van der Waals surface area contributed by atoms with Crippen molar-refractivity contribution in [2.75, 3.05) is 6.54 Å². The summed E-state index contributed by atoms with van der Waals surface area (Å²) in [4.78, 5) is 12.3. The van der Waals surface area contributed by atoms with Crippen LogP contribution >= 0.6 is 12.4 Å². The first-order chi connectivity index (χ1) is 8.64. The van der Waals surface area contributed by atoms with Crippen LogP contribution in [0.5, 0.6) is 0 Å². The summed E-state index contributed by atoms with van der Waals surface area (Å²) in [6.45, 7) is 2.85. The number of carbonyl (C=O) groups excluding carboxylic acids is 1. The zero-order valence-electron chi connectivity index (χ0n) is 12.2. The summed E-state index contributed by atoms with van der Waals surface area (Å²) in [5.41, 5.74) is 6.17. The molecule has 2 fully saturated rings. The molecule has 0 aromatic carbocycles. The van der Waals surface area contributed by atoms with E-state index < -0.39 is 0 Å². The minimum absolute atomic E-state index is 0. The quantitative estimate of drug-likeness (QED) is 0.816. The van der Waals surface area contributed by atoms with Crippen LogP contribution in [0.15, 0.2) is 0 Å². The van der Waals surface area contributed by atoms with Crippen LogP contribution < -0.4 is 11.1 Å². The molecule has 0 aromatic heterocycles. The van der Waals surface area contributed by atoms with Gasteiger partial charge in [0.2, 0.25) is 5.91 Å². The highest BCUT2D eigenvalue weighted by atomic mass is 35.5. The third kappa shape index (κ3) is 3.85. The van der Waals surface area contributed by atoms with Crippen LogP contribution in [0, 0.1) is 5.41 Å². The molecule has 1 amide bonds. The smallest absolute Gasteiger partial charge is 0.221 e. The second-order valence-electron chi connectivity index (χ2n) is 6.48. The summed E-state index contributed by atoms with van der Waals surface area (Å²) in [6, 6.07) is 0. The minimum Gasteiger partial charge on any atom is -0.351 e. The number of hydrogen-bond acceptors (Lipinski definition) is 2. The molecule has 4 heteroatoms. The van der Waals surface area contributed by atoms with Crippen molar-refractivity contribution in [2.45, 2.75) is 76.7 Å². The second-order valence-corrected chi connectivity index (χ2v) is 6.48. The first-order valence-corrected chi connectivity index (χ1v) is 7.65. The van der Waals surface area contributed by atoms with Gasteiger partial charge in [0.1, 0.15) is 0 Å². The molecule has 0 saturated heterocycles. The summed E-state index contributed by atoms with van der Waals surface area (Å²) < 4.78 is 0. The highest BCUT2D eigenvalue weighted by molar-refractivity contribution is 5.85. The molecule has 0 heterocycles. The van der Waals surface area contributed by atoms with E-state index in [2.05, 4.69) is 12.2 Å². The molecule has 0 spiro atoms. The summed E-state index contributed by atoms with van der Waals surface area (Å²) in [5, 5.41) is 3.29. The molecule has 0 aromatic rings. The molecule has 2 saturated carbocycles. The van der Waals surface area contributed by atoms with Crippen molar-refractivity contribution >= 4 is 18.3 Å². The van der Waals surface area contributed by atoms with Crippen LogP contribution in [0.3, 0.4) is 0 Å². The standard InChI is InChI=1S/C15H28N2O.ClH/c1-2-15(9-6-10-15)17-13(18)11-14(12-16)7-4-3-5-8-14;/h2-12,16H2,1H3,(H,17,18);1H. The highest BCUT2D eigenvalue weighted by Gasteiger charge is 2.39. The maximum absolute atomic E-state index is 12.3. The monoisotopic (exact) mass is 288 g/mol. The molecule has 0 radical (unpaired) electrons. The van der Waals surface area contributed by atoms with Gasteiger partial charge in [0.25, 0.3) is 0 Å². The van der Waals surface area contributed by atoms with Crippen LogP contribution in [0.1, 0.15) is 71.1 Å². The third-order valence-corrected chi connectivity index (χ3v) is 5.27. The van der Waals surface area contributed by atoms with Crippen molar-refractivity contribution in [3.63, 3.8) is 0 Å². The van der Waals surface area contributed by atoms with Crippen molar-refractivity contribution in [1.82, 2.24) is 5.32 Å². The van der Waals surface area contributed by atoms with E-state index in [0.717, 1.165) is 32.1 Å². The van der Waals surface area contributed by atoms with E-state index in [1.807, 2.05) is 0 Å². The van der Waals surface area contributed by atoms with Gasteiger partial charge in [0, 0.05) is 12.0 Å². The van der Waals surface area contributed by atoms with Gasteiger partial charge in [-0.05, 0) is 50.5 Å². The van der Waals surface area contributed by atoms with E-state index in [0.29, 0.717) is 13.0 Å². The summed E-state index contributed by atoms with van der Waals surface area (Å²) in [7, 11) is 0. The lowest BCUT2D eigenvalue weighted by Gasteiger charge is -2.43. The number of nitrogens with two attached hydrogens (primary N) is 1. The average Bonchev–Trinajstić information content (AvgIpc) is 2.35. The van der Waals surface area contributed by atoms with E-state index >= 15 is 0 Å². The Kier molecular flexibility index (Phi) is 6.13. The summed E-state index contributed by atoms with van der Waals surface area (Å²) in [6.07, 6.45) is 11.3. The maximum atomic E-state index is 12.3. The van der Waals surface area contributed by atoms with Gasteiger partial charge in [-0.15, -0.1) is 12.4 Å². The number of halogens is 1. The fourth-order valence-corrected chi connectivity index (χ4v) is 3.61. The lowest BCUT2D eigenvalue weighted by molar-refractivity contribution is -0.127. The van der Waals surface area contributed by atoms with E-state index in [4.69, 9.17) is 5.73 Å². The van der Waals surface area contributed by atoms with Crippen molar-refractivity contribution in [3.8, 4) is 0 Å². The molecule has 0 unspecified atom stereocenters. The van der Waals surface area contributed by atoms with Gasteiger partial charge in [0.05, 0.1) is 0 Å². The Hall–Kier alpha value is -0.280. The average molecular weight is 289 g/mol. The predicted molar refractivity (Wildman–Crippen MR) is 81.5 cm³/mol. The molecule has 0 bridgehead atoms. The molecule has 2 aliphatic rings. The van der Waals surface area contributed by atoms with Gasteiger partial charge in [-0.25, -0.2) is 0 Å². The van der Waals surface area contributed by atoms with Gasteiger partial charge < -0.3 is 11.1 Å². The SMILES string of the molecule is CCC1(NC(=O)CC2(CN)CCCCC2)CCC1.Cl. The Morgan fingerprint density at radius 2 is 1.74 bits per heavy atom. The molecule has 3 N–H and O–H groups in total. The number of rotatable bonds is 5. The highest BCUT2D eigenvalue weighted by Crippen LogP contribution is 2.39. The van der Waals surface area contributed by atoms with E-state index in [-0.39, 0.29) is 29.3 Å². The lowest BCUT2D eigenvalue weighted by Crippen LogP contribution is -2.54. The topological polar surface area (TPSA) is 55.1 Å². The molecule has 112 valence electrons. The molecule has 2 rings (SSSR count).